The third kappa shape index (κ3) is 3.52. The van der Waals surface area contributed by atoms with Crippen LogP contribution in [-0.2, 0) is 10.8 Å². The molecule has 0 saturated carbocycles. The van der Waals surface area contributed by atoms with Crippen molar-refractivity contribution in [2.24, 2.45) is 10.8 Å². The molecule has 0 saturated heterocycles. The van der Waals surface area contributed by atoms with E-state index in [2.05, 4.69) is 22.7 Å². The van der Waals surface area contributed by atoms with Crippen LogP contribution < -0.4 is 11.2 Å². The van der Waals surface area contributed by atoms with Crippen molar-refractivity contribution in [3.8, 4) is 0 Å². The first-order valence-corrected chi connectivity index (χ1v) is 6.39. The molecule has 0 aromatic carbocycles. The van der Waals surface area contributed by atoms with Crippen LogP contribution in [0.25, 0.3) is 0 Å². The molecule has 14 heavy (non-hydrogen) atoms. The fraction of sp³-hybridized carbons (Fsp3) is 0.143. The molecule has 0 bridgehead atoms. The number of nitrogens with two attached hydrogens (primary N) is 1. The summed E-state index contributed by atoms with van der Waals surface area (Å²) in [5.41, 5.74) is 7.61. The topological polar surface area (TPSA) is 67.5 Å². The monoisotopic (exact) mass is 247 g/mol. The molecule has 0 fully saturated rings. The van der Waals surface area contributed by atoms with Crippen molar-refractivity contribution >= 4 is 45.7 Å². The second-order valence-electron chi connectivity index (χ2n) is 2.35. The number of nitrogens with zero attached hydrogens (tertiary/aromatic N) is 1. The smallest absolute Gasteiger partial charge is 0.184 e. The first-order valence-electron chi connectivity index (χ1n) is 3.61. The molecule has 0 aliphatic rings. The van der Waals surface area contributed by atoms with Gasteiger partial charge >= 0.3 is 0 Å². The third-order valence-corrected chi connectivity index (χ3v) is 3.81. The molecule has 3 N–H and O–H groups in total. The number of rotatable bonds is 3. The Morgan fingerprint density at radius 1 is 1.79 bits per heavy atom. The highest BCUT2D eigenvalue weighted by atomic mass is 32.2. The Hall–Kier alpha value is -0.790. The van der Waals surface area contributed by atoms with Gasteiger partial charge in [0.15, 0.2) is 5.11 Å². The molecular formula is C7H9N3OS3. The normalized spacial score (nSPS) is 12.9. The zero-order valence-corrected chi connectivity index (χ0v) is 9.84. The van der Waals surface area contributed by atoms with Gasteiger partial charge in [-0.25, -0.2) is 0 Å². The van der Waals surface area contributed by atoms with Crippen molar-refractivity contribution in [2.45, 2.75) is 4.21 Å². The number of nitrogens with one attached hydrogen (secondary N) is 1. The van der Waals surface area contributed by atoms with Crippen LogP contribution in [0.2, 0.25) is 0 Å². The molecule has 4 nitrogen and oxygen atoms in total. The first kappa shape index (κ1) is 11.3. The van der Waals surface area contributed by atoms with Crippen LogP contribution in [-0.4, -0.2) is 21.8 Å². The summed E-state index contributed by atoms with van der Waals surface area (Å²) in [7, 11) is -0.936. The van der Waals surface area contributed by atoms with Gasteiger partial charge in [-0.2, -0.15) is 5.10 Å². The fourth-order valence-corrected chi connectivity index (χ4v) is 2.40. The minimum Gasteiger partial charge on any atom is -0.375 e. The van der Waals surface area contributed by atoms with Crippen LogP contribution in [0.4, 0.5) is 0 Å². The highest BCUT2D eigenvalue weighted by molar-refractivity contribution is 7.86. The van der Waals surface area contributed by atoms with Gasteiger partial charge in [-0.05, 0) is 24.4 Å². The minimum atomic E-state index is -0.936. The Labute approximate surface area is 93.7 Å². The molecule has 0 unspecified atom stereocenters. The van der Waals surface area contributed by atoms with Gasteiger partial charge in [0.05, 0.1) is 21.2 Å². The fourth-order valence-electron chi connectivity index (χ4n) is 0.718. The van der Waals surface area contributed by atoms with E-state index in [1.165, 1.54) is 11.3 Å². The molecule has 0 aliphatic carbocycles. The van der Waals surface area contributed by atoms with Gasteiger partial charge in [0.2, 0.25) is 0 Å². The van der Waals surface area contributed by atoms with Crippen LogP contribution in [0.5, 0.6) is 0 Å². The lowest BCUT2D eigenvalue weighted by atomic mass is 10.5. The van der Waals surface area contributed by atoms with E-state index < -0.39 is 10.8 Å². The molecule has 0 spiro atoms. The Kier molecular flexibility index (Phi) is 4.18. The maximum absolute atomic E-state index is 11.1. The van der Waals surface area contributed by atoms with Crippen molar-refractivity contribution in [1.82, 2.24) is 5.43 Å². The predicted molar refractivity (Wildman–Crippen MR) is 64.2 cm³/mol. The number of hydrogen-bond acceptors (Lipinski definition) is 4. The van der Waals surface area contributed by atoms with Crippen LogP contribution in [0.15, 0.2) is 21.4 Å². The Balaban J connectivity index is 2.64. The molecule has 1 atom stereocenters. The average Bonchev–Trinajstić information content (AvgIpc) is 2.52. The number of hydrogen-bond donors (Lipinski definition) is 2. The number of thiophene rings is 1. The highest BCUT2D eigenvalue weighted by Gasteiger charge is 2.00. The average molecular weight is 247 g/mol. The highest BCUT2D eigenvalue weighted by Crippen LogP contribution is 2.17. The van der Waals surface area contributed by atoms with Crippen molar-refractivity contribution < 1.29 is 4.21 Å². The van der Waals surface area contributed by atoms with Crippen LogP contribution in [0.1, 0.15) is 4.88 Å². The Morgan fingerprint density at radius 3 is 3.00 bits per heavy atom. The van der Waals surface area contributed by atoms with E-state index in [1.54, 1.807) is 12.5 Å². The summed E-state index contributed by atoms with van der Waals surface area (Å²) in [5.74, 6) is 0. The third-order valence-electron chi connectivity index (χ3n) is 1.25. The van der Waals surface area contributed by atoms with E-state index in [4.69, 9.17) is 5.73 Å². The molecular weight excluding hydrogens is 238 g/mol. The summed E-state index contributed by atoms with van der Waals surface area (Å²) in [6, 6.07) is 3.65. The van der Waals surface area contributed by atoms with E-state index in [0.29, 0.717) is 0 Å². The summed E-state index contributed by atoms with van der Waals surface area (Å²) < 4.78 is 11.9. The quantitative estimate of drug-likeness (QED) is 0.467. The first-order chi connectivity index (χ1) is 6.59. The summed E-state index contributed by atoms with van der Waals surface area (Å²) in [5, 5.41) is 3.91. The lowest BCUT2D eigenvalue weighted by molar-refractivity contribution is 0.688. The zero-order chi connectivity index (χ0) is 10.6. The lowest BCUT2D eigenvalue weighted by Crippen LogP contribution is -2.23. The number of thiocarbonyl (C=S) groups is 1. The van der Waals surface area contributed by atoms with Crippen molar-refractivity contribution in [2.75, 3.05) is 6.26 Å². The van der Waals surface area contributed by atoms with Crippen molar-refractivity contribution in [3.05, 3.63) is 17.0 Å². The summed E-state index contributed by atoms with van der Waals surface area (Å²) in [6.07, 6.45) is 3.22. The molecule has 1 aromatic heterocycles. The van der Waals surface area contributed by atoms with Gasteiger partial charge in [-0.15, -0.1) is 11.3 Å². The molecule has 0 radical (unpaired) electrons. The second-order valence-corrected chi connectivity index (χ2v) is 5.51. The SMILES string of the molecule is C[S@@](=O)c1ccc(/C=N/NC(N)=S)s1. The number of hydrazone groups is 1. The van der Waals surface area contributed by atoms with E-state index in [-0.39, 0.29) is 5.11 Å². The predicted octanol–water partition coefficient (Wildman–Crippen LogP) is 0.653. The van der Waals surface area contributed by atoms with Gasteiger partial charge in [0.1, 0.15) is 0 Å². The van der Waals surface area contributed by atoms with E-state index in [1.807, 2.05) is 12.1 Å². The van der Waals surface area contributed by atoms with E-state index >= 15 is 0 Å². The molecule has 1 rings (SSSR count). The largest absolute Gasteiger partial charge is 0.375 e. The van der Waals surface area contributed by atoms with Gasteiger partial charge in [-0.1, -0.05) is 0 Å². The Morgan fingerprint density at radius 2 is 2.50 bits per heavy atom. The van der Waals surface area contributed by atoms with Gasteiger partial charge in [-0.3, -0.25) is 9.63 Å². The van der Waals surface area contributed by atoms with Gasteiger partial charge < -0.3 is 5.73 Å². The van der Waals surface area contributed by atoms with Crippen molar-refractivity contribution in [3.63, 3.8) is 0 Å². The zero-order valence-electron chi connectivity index (χ0n) is 7.39. The molecule has 7 heteroatoms. The molecule has 0 aliphatic heterocycles. The molecule has 1 heterocycles. The van der Waals surface area contributed by atoms with E-state index in [0.717, 1.165) is 9.09 Å². The maximum Gasteiger partial charge on any atom is 0.184 e. The van der Waals surface area contributed by atoms with Gasteiger partial charge in [0, 0.05) is 11.1 Å². The summed E-state index contributed by atoms with van der Waals surface area (Å²) >= 11 is 5.98. The van der Waals surface area contributed by atoms with Crippen LogP contribution in [0.3, 0.4) is 0 Å². The van der Waals surface area contributed by atoms with Gasteiger partial charge in [0.25, 0.3) is 0 Å². The lowest BCUT2D eigenvalue weighted by Gasteiger charge is -1.91. The van der Waals surface area contributed by atoms with Crippen LogP contribution >= 0.6 is 23.6 Å². The standard InChI is InChI=1S/C7H9N3OS3/c1-14(11)6-3-2-5(13-6)4-9-10-7(8)12/h2-4H,1H3,(H3,8,10,12)/b9-4+/t14-/m1/s1. The maximum atomic E-state index is 11.1. The van der Waals surface area contributed by atoms with Crippen molar-refractivity contribution in [1.29, 1.82) is 0 Å². The minimum absolute atomic E-state index is 0.122. The summed E-state index contributed by atoms with van der Waals surface area (Å²) in [4.78, 5) is 0.902. The molecule has 1 aromatic rings. The van der Waals surface area contributed by atoms with Crippen LogP contribution in [0, 0.1) is 0 Å². The molecule has 76 valence electrons. The summed E-state index contributed by atoms with van der Waals surface area (Å²) in [6.45, 7) is 0. The Bertz CT molecular complexity index is 385. The molecule has 0 amide bonds. The van der Waals surface area contributed by atoms with E-state index in [9.17, 15) is 4.21 Å². The second kappa shape index (κ2) is 5.18.